The third-order valence-corrected chi connectivity index (χ3v) is 3.72. The van der Waals surface area contributed by atoms with Crippen LogP contribution in [0.2, 0.25) is 0 Å². The number of nitrogens with one attached hydrogen (secondary N) is 1. The monoisotopic (exact) mass is 285 g/mol. The van der Waals surface area contributed by atoms with Crippen LogP contribution in [0.5, 0.6) is 0 Å². The fourth-order valence-electron chi connectivity index (χ4n) is 2.48. The molecule has 1 aliphatic carbocycles. The maximum Gasteiger partial charge on any atom is 0.306 e. The third-order valence-electron chi connectivity index (χ3n) is 3.72. The standard InChI is InChI=1S/C15H15N3O3/c19-14(17-11-8-10(9-11)15(20)21)12-4-1-2-5-13(12)18-7-3-6-16-18/h1-7,10-11H,8-9H2,(H,17,19)(H,20,21). The lowest BCUT2D eigenvalue weighted by Crippen LogP contribution is -2.46. The number of aromatic nitrogens is 2. The summed E-state index contributed by atoms with van der Waals surface area (Å²) in [4.78, 5) is 23.1. The number of nitrogens with zero attached hydrogens (tertiary/aromatic N) is 2. The van der Waals surface area contributed by atoms with Crippen LogP contribution < -0.4 is 5.32 Å². The smallest absolute Gasteiger partial charge is 0.306 e. The van der Waals surface area contributed by atoms with Crippen molar-refractivity contribution >= 4 is 11.9 Å². The molecule has 0 unspecified atom stereocenters. The molecule has 1 saturated carbocycles. The van der Waals surface area contributed by atoms with Gasteiger partial charge in [0.25, 0.3) is 5.91 Å². The number of carbonyl (C=O) groups is 2. The average molecular weight is 285 g/mol. The van der Waals surface area contributed by atoms with E-state index in [0.29, 0.717) is 24.1 Å². The highest BCUT2D eigenvalue weighted by molar-refractivity contribution is 5.98. The first-order valence-electron chi connectivity index (χ1n) is 6.78. The third kappa shape index (κ3) is 2.65. The van der Waals surface area contributed by atoms with E-state index in [1.807, 2.05) is 12.1 Å². The van der Waals surface area contributed by atoms with Crippen LogP contribution in [0.1, 0.15) is 23.2 Å². The van der Waals surface area contributed by atoms with Crippen LogP contribution in [0.25, 0.3) is 5.69 Å². The molecule has 0 spiro atoms. The van der Waals surface area contributed by atoms with Gasteiger partial charge in [-0.1, -0.05) is 12.1 Å². The number of aliphatic carboxylic acids is 1. The summed E-state index contributed by atoms with van der Waals surface area (Å²) >= 11 is 0. The zero-order valence-electron chi connectivity index (χ0n) is 11.3. The molecule has 2 N–H and O–H groups in total. The number of hydrogen-bond acceptors (Lipinski definition) is 3. The number of carboxylic acid groups (broad SMARTS) is 1. The maximum atomic E-state index is 12.3. The van der Waals surface area contributed by atoms with Crippen molar-refractivity contribution in [3.05, 3.63) is 48.3 Å². The molecule has 6 nitrogen and oxygen atoms in total. The largest absolute Gasteiger partial charge is 0.481 e. The van der Waals surface area contributed by atoms with E-state index in [1.54, 1.807) is 35.3 Å². The quantitative estimate of drug-likeness (QED) is 0.890. The van der Waals surface area contributed by atoms with Crippen molar-refractivity contribution in [1.29, 1.82) is 0 Å². The molecule has 1 amide bonds. The van der Waals surface area contributed by atoms with Gasteiger partial charge in [0.1, 0.15) is 0 Å². The highest BCUT2D eigenvalue weighted by atomic mass is 16.4. The molecular formula is C15H15N3O3. The maximum absolute atomic E-state index is 12.3. The fourth-order valence-corrected chi connectivity index (χ4v) is 2.48. The molecule has 0 bridgehead atoms. The number of carbonyl (C=O) groups excluding carboxylic acids is 1. The number of para-hydroxylation sites is 1. The Bertz CT molecular complexity index is 661. The van der Waals surface area contributed by atoms with Gasteiger partial charge in [0.15, 0.2) is 0 Å². The second-order valence-corrected chi connectivity index (χ2v) is 5.14. The molecule has 0 aliphatic heterocycles. The first-order valence-corrected chi connectivity index (χ1v) is 6.78. The Balaban J connectivity index is 1.73. The summed E-state index contributed by atoms with van der Waals surface area (Å²) < 4.78 is 1.63. The van der Waals surface area contributed by atoms with Gasteiger partial charge in [-0.15, -0.1) is 0 Å². The van der Waals surface area contributed by atoms with Crippen molar-refractivity contribution in [2.75, 3.05) is 0 Å². The van der Waals surface area contributed by atoms with Crippen LogP contribution in [0.3, 0.4) is 0 Å². The number of benzene rings is 1. The van der Waals surface area contributed by atoms with E-state index in [9.17, 15) is 9.59 Å². The predicted octanol–water partition coefficient (Wildman–Crippen LogP) is 1.47. The molecule has 108 valence electrons. The average Bonchev–Trinajstić information content (AvgIpc) is 2.95. The van der Waals surface area contributed by atoms with Crippen molar-refractivity contribution < 1.29 is 14.7 Å². The Morgan fingerprint density at radius 2 is 2.00 bits per heavy atom. The van der Waals surface area contributed by atoms with Gasteiger partial charge in [0.2, 0.25) is 0 Å². The second kappa shape index (κ2) is 5.40. The van der Waals surface area contributed by atoms with E-state index in [0.717, 1.165) is 0 Å². The summed E-state index contributed by atoms with van der Waals surface area (Å²) in [7, 11) is 0. The Labute approximate surface area is 121 Å². The van der Waals surface area contributed by atoms with Crippen LogP contribution in [0.15, 0.2) is 42.7 Å². The van der Waals surface area contributed by atoms with Gasteiger partial charge in [-0.3, -0.25) is 9.59 Å². The SMILES string of the molecule is O=C(NC1CC(C(=O)O)C1)c1ccccc1-n1cccn1. The minimum Gasteiger partial charge on any atom is -0.481 e. The minimum absolute atomic E-state index is 0.0655. The van der Waals surface area contributed by atoms with Crippen LogP contribution in [-0.2, 0) is 4.79 Å². The van der Waals surface area contributed by atoms with Crippen molar-refractivity contribution in [1.82, 2.24) is 15.1 Å². The van der Waals surface area contributed by atoms with Crippen LogP contribution in [0.4, 0.5) is 0 Å². The number of rotatable bonds is 4. The van der Waals surface area contributed by atoms with Gasteiger partial charge >= 0.3 is 5.97 Å². The van der Waals surface area contributed by atoms with Crippen molar-refractivity contribution in [2.45, 2.75) is 18.9 Å². The number of hydrogen-bond donors (Lipinski definition) is 2. The lowest BCUT2D eigenvalue weighted by Gasteiger charge is -2.33. The highest BCUT2D eigenvalue weighted by Gasteiger charge is 2.35. The molecule has 3 rings (SSSR count). The van der Waals surface area contributed by atoms with E-state index in [4.69, 9.17) is 5.11 Å². The lowest BCUT2D eigenvalue weighted by molar-refractivity contribution is -0.145. The number of carboxylic acids is 1. The molecule has 1 fully saturated rings. The van der Waals surface area contributed by atoms with Gasteiger partial charge in [0.05, 0.1) is 17.2 Å². The Hall–Kier alpha value is -2.63. The zero-order valence-corrected chi connectivity index (χ0v) is 11.3. The summed E-state index contributed by atoms with van der Waals surface area (Å²) in [6, 6.07) is 8.92. The van der Waals surface area contributed by atoms with Gasteiger partial charge in [0, 0.05) is 18.4 Å². The van der Waals surface area contributed by atoms with Gasteiger partial charge in [-0.05, 0) is 31.0 Å². The van der Waals surface area contributed by atoms with Crippen LogP contribution in [0, 0.1) is 5.92 Å². The topological polar surface area (TPSA) is 84.2 Å². The van der Waals surface area contributed by atoms with Gasteiger partial charge in [-0.2, -0.15) is 5.10 Å². The molecule has 0 atom stereocenters. The molecule has 1 heterocycles. The second-order valence-electron chi connectivity index (χ2n) is 5.14. The minimum atomic E-state index is -0.794. The molecule has 2 aromatic rings. The van der Waals surface area contributed by atoms with E-state index >= 15 is 0 Å². The summed E-state index contributed by atoms with van der Waals surface area (Å²) in [5.74, 6) is -1.33. The van der Waals surface area contributed by atoms with E-state index in [-0.39, 0.29) is 17.9 Å². The van der Waals surface area contributed by atoms with E-state index in [1.165, 1.54) is 0 Å². The Kier molecular flexibility index (Phi) is 3.43. The first kappa shape index (κ1) is 13.4. The molecule has 6 heteroatoms. The van der Waals surface area contributed by atoms with Gasteiger partial charge in [-0.25, -0.2) is 4.68 Å². The van der Waals surface area contributed by atoms with E-state index < -0.39 is 5.97 Å². The van der Waals surface area contributed by atoms with Crippen molar-refractivity contribution in [3.63, 3.8) is 0 Å². The summed E-state index contributed by atoms with van der Waals surface area (Å²) in [5.41, 5.74) is 1.23. The Morgan fingerprint density at radius 3 is 2.67 bits per heavy atom. The molecule has 0 radical (unpaired) electrons. The first-order chi connectivity index (χ1) is 10.1. The Morgan fingerprint density at radius 1 is 1.24 bits per heavy atom. The van der Waals surface area contributed by atoms with Crippen LogP contribution in [-0.4, -0.2) is 32.8 Å². The normalized spacial score (nSPS) is 20.6. The highest BCUT2D eigenvalue weighted by Crippen LogP contribution is 2.28. The predicted molar refractivity (Wildman–Crippen MR) is 75.2 cm³/mol. The van der Waals surface area contributed by atoms with E-state index in [2.05, 4.69) is 10.4 Å². The summed E-state index contributed by atoms with van der Waals surface area (Å²) in [6.07, 6.45) is 4.41. The lowest BCUT2D eigenvalue weighted by atomic mass is 9.80. The van der Waals surface area contributed by atoms with Crippen molar-refractivity contribution in [3.8, 4) is 5.69 Å². The van der Waals surface area contributed by atoms with Crippen LogP contribution >= 0.6 is 0 Å². The molecule has 1 aliphatic rings. The molecular weight excluding hydrogens is 270 g/mol. The van der Waals surface area contributed by atoms with Gasteiger partial charge < -0.3 is 10.4 Å². The molecule has 1 aromatic carbocycles. The summed E-state index contributed by atoms with van der Waals surface area (Å²) in [5, 5.41) is 15.9. The number of amides is 1. The molecule has 21 heavy (non-hydrogen) atoms. The zero-order chi connectivity index (χ0) is 14.8. The van der Waals surface area contributed by atoms with Crippen molar-refractivity contribution in [2.24, 2.45) is 5.92 Å². The fraction of sp³-hybridized carbons (Fsp3) is 0.267. The summed E-state index contributed by atoms with van der Waals surface area (Å²) in [6.45, 7) is 0. The molecule has 1 aromatic heterocycles. The molecule has 0 saturated heterocycles.